The Balaban J connectivity index is 1.61. The summed E-state index contributed by atoms with van der Waals surface area (Å²) in [6.45, 7) is -0.130. The fraction of sp³-hybridized carbons (Fsp3) is 0.125. The molecule has 0 bridgehead atoms. The molecule has 4 nitrogen and oxygen atoms in total. The lowest BCUT2D eigenvalue weighted by Gasteiger charge is -2.07. The van der Waals surface area contributed by atoms with Gasteiger partial charge in [0, 0.05) is 6.07 Å². The number of nitrogens with zero attached hydrogens (tertiary/aromatic N) is 1. The van der Waals surface area contributed by atoms with Gasteiger partial charge in [-0.05, 0) is 35.7 Å². The number of benzene rings is 1. The molecule has 1 aromatic carbocycles. The van der Waals surface area contributed by atoms with Crippen LogP contribution in [0.2, 0.25) is 0 Å². The molecule has 0 unspecified atom stereocenters. The van der Waals surface area contributed by atoms with E-state index in [0.717, 1.165) is 29.1 Å². The first-order valence-corrected chi connectivity index (χ1v) is 7.65. The van der Waals surface area contributed by atoms with Crippen LogP contribution < -0.4 is 0 Å². The minimum Gasteiger partial charge on any atom is -0.455 e. The van der Waals surface area contributed by atoms with Crippen LogP contribution in [0.25, 0.3) is 10.6 Å². The molecule has 124 valence electrons. The van der Waals surface area contributed by atoms with Crippen molar-refractivity contribution in [2.24, 2.45) is 0 Å². The van der Waals surface area contributed by atoms with Gasteiger partial charge in [-0.25, -0.2) is 4.79 Å². The third kappa shape index (κ3) is 3.65. The van der Waals surface area contributed by atoms with Gasteiger partial charge in [0.15, 0.2) is 5.76 Å². The zero-order chi connectivity index (χ0) is 17.2. The van der Waals surface area contributed by atoms with E-state index in [1.807, 2.05) is 17.5 Å². The van der Waals surface area contributed by atoms with Crippen LogP contribution in [-0.2, 0) is 17.5 Å². The van der Waals surface area contributed by atoms with Crippen molar-refractivity contribution in [3.8, 4) is 10.6 Å². The average Bonchev–Trinajstić information content (AvgIpc) is 3.23. The second kappa shape index (κ2) is 6.48. The Labute approximate surface area is 138 Å². The van der Waals surface area contributed by atoms with Crippen LogP contribution in [0.3, 0.4) is 0 Å². The first-order valence-electron chi connectivity index (χ1n) is 6.77. The molecular formula is C16H10F3NO3S. The third-order valence-corrected chi connectivity index (χ3v) is 4.01. The number of thiophene rings is 1. The first-order chi connectivity index (χ1) is 11.4. The highest BCUT2D eigenvalue weighted by Crippen LogP contribution is 2.29. The van der Waals surface area contributed by atoms with Crippen molar-refractivity contribution in [2.75, 3.05) is 0 Å². The second-order valence-electron chi connectivity index (χ2n) is 4.81. The number of ether oxygens (including phenoxy) is 1. The lowest BCUT2D eigenvalue weighted by Crippen LogP contribution is -2.08. The number of rotatable bonds is 4. The molecule has 0 fully saturated rings. The maximum atomic E-state index is 12.5. The maximum absolute atomic E-state index is 12.5. The summed E-state index contributed by atoms with van der Waals surface area (Å²) in [5, 5.41) is 5.68. The average molecular weight is 353 g/mol. The van der Waals surface area contributed by atoms with E-state index in [1.165, 1.54) is 11.3 Å². The van der Waals surface area contributed by atoms with Gasteiger partial charge in [-0.1, -0.05) is 11.2 Å². The van der Waals surface area contributed by atoms with Crippen LogP contribution in [0.1, 0.15) is 21.6 Å². The molecule has 0 aliphatic carbocycles. The molecule has 3 aromatic rings. The van der Waals surface area contributed by atoms with Gasteiger partial charge in [-0.2, -0.15) is 13.2 Å². The van der Waals surface area contributed by atoms with Gasteiger partial charge in [-0.15, -0.1) is 11.3 Å². The van der Waals surface area contributed by atoms with E-state index < -0.39 is 17.7 Å². The summed E-state index contributed by atoms with van der Waals surface area (Å²) < 4.78 is 47.6. The molecule has 24 heavy (non-hydrogen) atoms. The van der Waals surface area contributed by atoms with Crippen molar-refractivity contribution in [3.63, 3.8) is 0 Å². The minimum atomic E-state index is -4.44. The molecule has 8 heteroatoms. The standard InChI is InChI=1S/C16H10F3NO3S/c17-16(18,19)11-5-3-10(4-6-11)15(21)22-9-12-8-13(23-20-12)14-2-1-7-24-14/h1-8H,9H2. The number of aromatic nitrogens is 1. The SMILES string of the molecule is O=C(OCc1cc(-c2cccs2)on1)c1ccc(C(F)(F)F)cc1. The number of esters is 1. The fourth-order valence-corrected chi connectivity index (χ4v) is 2.61. The van der Waals surface area contributed by atoms with Gasteiger partial charge in [0.05, 0.1) is 16.0 Å². The summed E-state index contributed by atoms with van der Waals surface area (Å²) in [5.74, 6) is -0.171. The number of halogens is 3. The second-order valence-corrected chi connectivity index (χ2v) is 5.76. The molecule has 2 aromatic heterocycles. The van der Waals surface area contributed by atoms with E-state index >= 15 is 0 Å². The molecule has 3 rings (SSSR count). The number of hydrogen-bond acceptors (Lipinski definition) is 5. The normalized spacial score (nSPS) is 11.5. The number of carbonyl (C=O) groups is 1. The number of carbonyl (C=O) groups excluding carboxylic acids is 1. The third-order valence-electron chi connectivity index (χ3n) is 3.12. The van der Waals surface area contributed by atoms with E-state index in [4.69, 9.17) is 9.26 Å². The highest BCUT2D eigenvalue weighted by atomic mass is 32.1. The maximum Gasteiger partial charge on any atom is 0.416 e. The Morgan fingerprint density at radius 1 is 1.21 bits per heavy atom. The predicted molar refractivity (Wildman–Crippen MR) is 80.4 cm³/mol. The molecule has 0 aliphatic heterocycles. The Bertz CT molecular complexity index is 823. The van der Waals surface area contributed by atoms with Crippen LogP contribution in [0.15, 0.2) is 52.4 Å². The van der Waals surface area contributed by atoms with E-state index in [2.05, 4.69) is 5.16 Å². The van der Waals surface area contributed by atoms with Crippen molar-refractivity contribution in [1.29, 1.82) is 0 Å². The molecule has 2 heterocycles. The Morgan fingerprint density at radius 3 is 2.58 bits per heavy atom. The van der Waals surface area contributed by atoms with Crippen molar-refractivity contribution in [3.05, 3.63) is 64.7 Å². The molecular weight excluding hydrogens is 343 g/mol. The van der Waals surface area contributed by atoms with E-state index in [-0.39, 0.29) is 12.2 Å². The largest absolute Gasteiger partial charge is 0.455 e. The quantitative estimate of drug-likeness (QED) is 0.634. The number of alkyl halides is 3. The fourth-order valence-electron chi connectivity index (χ4n) is 1.93. The van der Waals surface area contributed by atoms with Crippen LogP contribution in [0.4, 0.5) is 13.2 Å². The van der Waals surface area contributed by atoms with Crippen LogP contribution in [0.5, 0.6) is 0 Å². The topological polar surface area (TPSA) is 52.3 Å². The molecule has 0 saturated carbocycles. The van der Waals surface area contributed by atoms with Gasteiger partial charge in [0.1, 0.15) is 12.3 Å². The predicted octanol–water partition coefficient (Wildman–Crippen LogP) is 4.78. The van der Waals surface area contributed by atoms with E-state index in [0.29, 0.717) is 11.5 Å². The zero-order valence-corrected chi connectivity index (χ0v) is 12.9. The molecule has 0 N–H and O–H groups in total. The monoisotopic (exact) mass is 353 g/mol. The van der Waals surface area contributed by atoms with Gasteiger partial charge < -0.3 is 9.26 Å². The lowest BCUT2D eigenvalue weighted by atomic mass is 10.1. The molecule has 0 amide bonds. The highest BCUT2D eigenvalue weighted by Gasteiger charge is 2.30. The summed E-state index contributed by atoms with van der Waals surface area (Å²) in [5.41, 5.74) is -0.375. The summed E-state index contributed by atoms with van der Waals surface area (Å²) in [4.78, 5) is 12.7. The van der Waals surface area contributed by atoms with Gasteiger partial charge in [0.2, 0.25) is 0 Å². The molecule has 0 aliphatic rings. The molecule has 0 spiro atoms. The molecule has 0 radical (unpaired) electrons. The van der Waals surface area contributed by atoms with Crippen molar-refractivity contribution in [1.82, 2.24) is 5.16 Å². The van der Waals surface area contributed by atoms with E-state index in [1.54, 1.807) is 6.07 Å². The van der Waals surface area contributed by atoms with Crippen molar-refractivity contribution < 1.29 is 27.2 Å². The Hall–Kier alpha value is -2.61. The van der Waals surface area contributed by atoms with Crippen LogP contribution in [-0.4, -0.2) is 11.1 Å². The molecule has 0 saturated heterocycles. The Kier molecular flexibility index (Phi) is 4.39. The number of hydrogen-bond donors (Lipinski definition) is 0. The lowest BCUT2D eigenvalue weighted by molar-refractivity contribution is -0.137. The zero-order valence-electron chi connectivity index (χ0n) is 12.0. The van der Waals surface area contributed by atoms with E-state index in [9.17, 15) is 18.0 Å². The van der Waals surface area contributed by atoms with Crippen LogP contribution >= 0.6 is 11.3 Å². The highest BCUT2D eigenvalue weighted by molar-refractivity contribution is 7.13. The smallest absolute Gasteiger partial charge is 0.416 e. The van der Waals surface area contributed by atoms with Crippen molar-refractivity contribution in [2.45, 2.75) is 12.8 Å². The van der Waals surface area contributed by atoms with Gasteiger partial charge in [0.25, 0.3) is 0 Å². The summed E-state index contributed by atoms with van der Waals surface area (Å²) in [6.07, 6.45) is -4.44. The van der Waals surface area contributed by atoms with Crippen LogP contribution in [0, 0.1) is 0 Å². The summed E-state index contributed by atoms with van der Waals surface area (Å²) in [6, 6.07) is 9.20. The minimum absolute atomic E-state index is 0.0324. The first kappa shape index (κ1) is 16.3. The van der Waals surface area contributed by atoms with Gasteiger partial charge >= 0.3 is 12.1 Å². The summed E-state index contributed by atoms with van der Waals surface area (Å²) >= 11 is 1.48. The Morgan fingerprint density at radius 2 is 1.96 bits per heavy atom. The van der Waals surface area contributed by atoms with Gasteiger partial charge in [-0.3, -0.25) is 0 Å². The van der Waals surface area contributed by atoms with Crippen molar-refractivity contribution >= 4 is 17.3 Å². The molecule has 0 atom stereocenters. The summed E-state index contributed by atoms with van der Waals surface area (Å²) in [7, 11) is 0.